The fourth-order valence-corrected chi connectivity index (χ4v) is 2.47. The Balaban J connectivity index is 3.10. The normalized spacial score (nSPS) is 11.7. The van der Waals surface area contributed by atoms with Gasteiger partial charge in [0.25, 0.3) is 5.91 Å². The van der Waals surface area contributed by atoms with Gasteiger partial charge in [-0.05, 0) is 18.1 Å². The minimum atomic E-state index is -4.37. The molecular formula is C13H18F2N2O3S. The molecule has 1 aromatic carbocycles. The Bertz CT molecular complexity index is 629. The quantitative estimate of drug-likeness (QED) is 0.837. The third-order valence-electron chi connectivity index (χ3n) is 3.30. The maximum atomic E-state index is 14.0. The van der Waals surface area contributed by atoms with Gasteiger partial charge in [0.1, 0.15) is 16.3 Å². The number of rotatable bonds is 6. The van der Waals surface area contributed by atoms with E-state index in [1.54, 1.807) is 0 Å². The number of carbonyl (C=O) groups is 1. The van der Waals surface area contributed by atoms with E-state index in [1.165, 1.54) is 0 Å². The van der Waals surface area contributed by atoms with Crippen LogP contribution in [0.1, 0.15) is 37.0 Å². The van der Waals surface area contributed by atoms with E-state index in [2.05, 4.69) is 5.32 Å². The van der Waals surface area contributed by atoms with Crippen molar-refractivity contribution in [1.29, 1.82) is 0 Å². The highest BCUT2D eigenvalue weighted by atomic mass is 32.2. The lowest BCUT2D eigenvalue weighted by atomic mass is 10.0. The Hall–Kier alpha value is -1.54. The van der Waals surface area contributed by atoms with Crippen molar-refractivity contribution >= 4 is 15.9 Å². The van der Waals surface area contributed by atoms with Crippen LogP contribution < -0.4 is 10.5 Å². The second-order valence-corrected chi connectivity index (χ2v) is 6.20. The van der Waals surface area contributed by atoms with Crippen LogP contribution in [0.2, 0.25) is 0 Å². The molecule has 0 aliphatic rings. The summed E-state index contributed by atoms with van der Waals surface area (Å²) in [6.07, 6.45) is 1.61. The maximum absolute atomic E-state index is 14.0. The van der Waals surface area contributed by atoms with E-state index in [1.807, 2.05) is 13.8 Å². The molecule has 0 saturated carbocycles. The molecule has 8 heteroatoms. The Kier molecular flexibility index (Phi) is 5.79. The molecule has 21 heavy (non-hydrogen) atoms. The Morgan fingerprint density at radius 3 is 2.33 bits per heavy atom. The summed E-state index contributed by atoms with van der Waals surface area (Å²) in [5, 5.41) is 7.23. The first-order chi connectivity index (χ1) is 9.72. The Labute approximate surface area is 122 Å². The number of primary sulfonamides is 1. The second-order valence-electron chi connectivity index (χ2n) is 4.67. The Morgan fingerprint density at radius 1 is 1.29 bits per heavy atom. The minimum absolute atomic E-state index is 0.182. The fraction of sp³-hybridized carbons (Fsp3) is 0.462. The van der Waals surface area contributed by atoms with E-state index in [-0.39, 0.29) is 12.5 Å². The van der Waals surface area contributed by atoms with E-state index < -0.39 is 38.0 Å². The summed E-state index contributed by atoms with van der Waals surface area (Å²) in [4.78, 5) is 11.0. The average Bonchev–Trinajstić information content (AvgIpc) is 2.38. The monoisotopic (exact) mass is 320 g/mol. The van der Waals surface area contributed by atoms with Crippen LogP contribution in [0.4, 0.5) is 8.78 Å². The summed E-state index contributed by atoms with van der Waals surface area (Å²) in [7, 11) is -4.37. The van der Waals surface area contributed by atoms with Crippen LogP contribution in [-0.4, -0.2) is 20.9 Å². The van der Waals surface area contributed by atoms with E-state index in [0.29, 0.717) is 12.1 Å². The smallest absolute Gasteiger partial charge is 0.257 e. The van der Waals surface area contributed by atoms with Crippen LogP contribution in [0.3, 0.4) is 0 Å². The SMILES string of the molecule is CCC(CC)CNC(=O)c1c(F)ccc(S(N)(=O)=O)c1F. The molecule has 0 aliphatic heterocycles. The lowest BCUT2D eigenvalue weighted by molar-refractivity contribution is 0.0937. The highest BCUT2D eigenvalue weighted by molar-refractivity contribution is 7.89. The van der Waals surface area contributed by atoms with Gasteiger partial charge >= 0.3 is 0 Å². The van der Waals surface area contributed by atoms with Gasteiger partial charge in [-0.15, -0.1) is 0 Å². The van der Waals surface area contributed by atoms with Gasteiger partial charge < -0.3 is 5.32 Å². The molecule has 0 radical (unpaired) electrons. The zero-order chi connectivity index (χ0) is 16.2. The standard InChI is InChI=1S/C13H18F2N2O3S/c1-3-8(4-2)7-17-13(18)11-9(14)5-6-10(12(11)15)21(16,19)20/h5-6,8H,3-4,7H2,1-2H3,(H,17,18)(H2,16,19,20). The summed E-state index contributed by atoms with van der Waals surface area (Å²) < 4.78 is 50.0. The number of nitrogens with one attached hydrogen (secondary N) is 1. The first kappa shape index (κ1) is 17.5. The molecule has 1 amide bonds. The topological polar surface area (TPSA) is 89.3 Å². The molecule has 0 atom stereocenters. The predicted molar refractivity (Wildman–Crippen MR) is 74.1 cm³/mol. The van der Waals surface area contributed by atoms with Crippen LogP contribution in [0.15, 0.2) is 17.0 Å². The number of hydrogen-bond donors (Lipinski definition) is 2. The van der Waals surface area contributed by atoms with Gasteiger partial charge in [0.2, 0.25) is 10.0 Å². The summed E-state index contributed by atoms with van der Waals surface area (Å²) in [6.45, 7) is 4.12. The average molecular weight is 320 g/mol. The summed E-state index contributed by atoms with van der Waals surface area (Å²) >= 11 is 0. The molecule has 5 nitrogen and oxygen atoms in total. The molecule has 0 aromatic heterocycles. The lowest BCUT2D eigenvalue weighted by Gasteiger charge is -2.14. The van der Waals surface area contributed by atoms with E-state index in [9.17, 15) is 22.0 Å². The molecule has 0 heterocycles. The third-order valence-corrected chi connectivity index (χ3v) is 4.22. The van der Waals surface area contributed by atoms with Crippen molar-refractivity contribution in [3.8, 4) is 0 Å². The van der Waals surface area contributed by atoms with E-state index in [4.69, 9.17) is 5.14 Å². The molecule has 118 valence electrons. The van der Waals surface area contributed by atoms with Crippen molar-refractivity contribution in [3.05, 3.63) is 29.3 Å². The van der Waals surface area contributed by atoms with Crippen LogP contribution in [0.25, 0.3) is 0 Å². The molecular weight excluding hydrogens is 302 g/mol. The van der Waals surface area contributed by atoms with Crippen molar-refractivity contribution < 1.29 is 22.0 Å². The van der Waals surface area contributed by atoms with Crippen LogP contribution in [0.5, 0.6) is 0 Å². The summed E-state index contributed by atoms with van der Waals surface area (Å²) in [5.41, 5.74) is -0.938. The van der Waals surface area contributed by atoms with E-state index in [0.717, 1.165) is 12.8 Å². The number of hydrogen-bond acceptors (Lipinski definition) is 3. The van der Waals surface area contributed by atoms with Crippen LogP contribution in [-0.2, 0) is 10.0 Å². The van der Waals surface area contributed by atoms with Crippen LogP contribution >= 0.6 is 0 Å². The van der Waals surface area contributed by atoms with Gasteiger partial charge in [-0.3, -0.25) is 4.79 Å². The zero-order valence-corrected chi connectivity index (χ0v) is 12.6. The van der Waals surface area contributed by atoms with Crippen molar-refractivity contribution in [1.82, 2.24) is 5.32 Å². The van der Waals surface area contributed by atoms with Crippen molar-refractivity contribution in [2.24, 2.45) is 11.1 Å². The van der Waals surface area contributed by atoms with Crippen molar-refractivity contribution in [2.75, 3.05) is 6.54 Å². The molecule has 0 saturated heterocycles. The van der Waals surface area contributed by atoms with Gasteiger partial charge in [0.05, 0.1) is 0 Å². The summed E-state index contributed by atoms with van der Waals surface area (Å²) in [6, 6.07) is 1.40. The molecule has 0 unspecified atom stereocenters. The third kappa shape index (κ3) is 4.21. The van der Waals surface area contributed by atoms with Crippen LogP contribution in [0, 0.1) is 17.6 Å². The molecule has 3 N–H and O–H groups in total. The first-order valence-corrected chi connectivity index (χ1v) is 8.05. The number of carbonyl (C=O) groups excluding carboxylic acids is 1. The number of halogens is 2. The zero-order valence-electron chi connectivity index (χ0n) is 11.8. The predicted octanol–water partition coefficient (Wildman–Crippen LogP) is 1.78. The van der Waals surface area contributed by atoms with E-state index >= 15 is 0 Å². The Morgan fingerprint density at radius 2 is 1.86 bits per heavy atom. The first-order valence-electron chi connectivity index (χ1n) is 6.51. The van der Waals surface area contributed by atoms with Gasteiger partial charge in [0, 0.05) is 6.54 Å². The van der Waals surface area contributed by atoms with Gasteiger partial charge in [0.15, 0.2) is 5.82 Å². The number of amides is 1. The molecule has 1 aromatic rings. The fourth-order valence-electron chi connectivity index (χ4n) is 1.86. The maximum Gasteiger partial charge on any atom is 0.257 e. The molecule has 0 fully saturated rings. The highest BCUT2D eigenvalue weighted by Gasteiger charge is 2.25. The highest BCUT2D eigenvalue weighted by Crippen LogP contribution is 2.20. The number of sulfonamides is 1. The van der Waals surface area contributed by atoms with Gasteiger partial charge in [-0.25, -0.2) is 22.3 Å². The molecule has 0 spiro atoms. The molecule has 0 bridgehead atoms. The van der Waals surface area contributed by atoms with Crippen molar-refractivity contribution in [2.45, 2.75) is 31.6 Å². The molecule has 0 aliphatic carbocycles. The minimum Gasteiger partial charge on any atom is -0.352 e. The largest absolute Gasteiger partial charge is 0.352 e. The molecule has 1 rings (SSSR count). The van der Waals surface area contributed by atoms with Crippen molar-refractivity contribution in [3.63, 3.8) is 0 Å². The van der Waals surface area contributed by atoms with Gasteiger partial charge in [-0.2, -0.15) is 0 Å². The summed E-state index contributed by atoms with van der Waals surface area (Å²) in [5.74, 6) is -3.43. The number of nitrogens with two attached hydrogens (primary N) is 1. The second kappa shape index (κ2) is 6.95. The van der Waals surface area contributed by atoms with Gasteiger partial charge in [-0.1, -0.05) is 26.7 Å². The number of benzene rings is 1. The lowest BCUT2D eigenvalue weighted by Crippen LogP contribution is -2.31.